The molecule has 1 spiro atoms. The second-order valence-electron chi connectivity index (χ2n) is 9.50. The molecule has 1 aliphatic carbocycles. The van der Waals surface area contributed by atoms with Gasteiger partial charge in [-0.05, 0) is 74.4 Å². The maximum atomic E-state index is 11.9. The van der Waals surface area contributed by atoms with Gasteiger partial charge in [-0.25, -0.2) is 0 Å². The number of rotatable bonds is 5. The van der Waals surface area contributed by atoms with Gasteiger partial charge in [0, 0.05) is 50.5 Å². The zero-order valence-corrected chi connectivity index (χ0v) is 17.7. The number of benzene rings is 1. The van der Waals surface area contributed by atoms with Gasteiger partial charge >= 0.3 is 0 Å². The van der Waals surface area contributed by atoms with Crippen LogP contribution in [0.1, 0.15) is 32.1 Å². The molecule has 3 heterocycles. The molecule has 2 atom stereocenters. The number of amides is 2. The predicted molar refractivity (Wildman–Crippen MR) is 118 cm³/mol. The summed E-state index contributed by atoms with van der Waals surface area (Å²) in [6.45, 7) is 8.12. The van der Waals surface area contributed by atoms with Gasteiger partial charge in [0.1, 0.15) is 6.04 Å². The zero-order valence-electron chi connectivity index (χ0n) is 17.7. The molecule has 3 saturated heterocycles. The van der Waals surface area contributed by atoms with E-state index in [0.29, 0.717) is 18.3 Å². The Labute approximate surface area is 178 Å². The molecule has 0 bridgehead atoms. The number of nitrogens with zero attached hydrogens (tertiary/aromatic N) is 2. The Kier molecular flexibility index (Phi) is 5.41. The first kappa shape index (κ1) is 19.8. The van der Waals surface area contributed by atoms with E-state index in [9.17, 15) is 9.59 Å². The van der Waals surface area contributed by atoms with Crippen molar-refractivity contribution < 1.29 is 9.59 Å². The minimum atomic E-state index is -0.331. The molecule has 4 fully saturated rings. The summed E-state index contributed by atoms with van der Waals surface area (Å²) in [4.78, 5) is 28.3. The van der Waals surface area contributed by atoms with Gasteiger partial charge < -0.3 is 15.5 Å². The standard InChI is InChI=1S/C23H33N5O2/c29-21-6-5-20(22(30)26-21)25-18-1-3-19(4-2-18)28-13-11-27(12-14-28)16-17-15-23(17)7-9-24-10-8-23/h1-4,17,20,24-25H,5-16H2,(H,26,29,30). The van der Waals surface area contributed by atoms with Gasteiger partial charge in [-0.3, -0.25) is 19.8 Å². The van der Waals surface area contributed by atoms with Crippen molar-refractivity contribution in [3.05, 3.63) is 24.3 Å². The number of imide groups is 1. The summed E-state index contributed by atoms with van der Waals surface area (Å²) in [5.41, 5.74) is 2.84. The number of piperidine rings is 2. The number of piperazine rings is 1. The average molecular weight is 412 g/mol. The predicted octanol–water partition coefficient (Wildman–Crippen LogP) is 1.42. The topological polar surface area (TPSA) is 76.7 Å². The molecule has 1 aromatic carbocycles. The SMILES string of the molecule is O=C1CCC(Nc2ccc(N3CCN(CC4CC45CCNCC5)CC3)cc2)C(=O)N1. The monoisotopic (exact) mass is 411 g/mol. The number of carbonyl (C=O) groups is 2. The molecule has 2 amide bonds. The molecule has 1 aromatic rings. The maximum absolute atomic E-state index is 11.9. The maximum Gasteiger partial charge on any atom is 0.249 e. The van der Waals surface area contributed by atoms with Crippen molar-refractivity contribution in [2.45, 2.75) is 38.1 Å². The van der Waals surface area contributed by atoms with Crippen LogP contribution in [0.2, 0.25) is 0 Å². The highest BCUT2D eigenvalue weighted by Gasteiger charge is 2.53. The van der Waals surface area contributed by atoms with Crippen LogP contribution in [0.5, 0.6) is 0 Å². The van der Waals surface area contributed by atoms with Crippen molar-refractivity contribution in [3.63, 3.8) is 0 Å². The van der Waals surface area contributed by atoms with Crippen molar-refractivity contribution in [1.82, 2.24) is 15.5 Å². The van der Waals surface area contributed by atoms with E-state index < -0.39 is 0 Å². The van der Waals surface area contributed by atoms with Gasteiger partial charge in [0.25, 0.3) is 0 Å². The van der Waals surface area contributed by atoms with E-state index in [4.69, 9.17) is 0 Å². The van der Waals surface area contributed by atoms with Crippen molar-refractivity contribution in [2.75, 3.05) is 56.0 Å². The van der Waals surface area contributed by atoms with E-state index in [1.165, 1.54) is 44.6 Å². The van der Waals surface area contributed by atoms with E-state index >= 15 is 0 Å². The summed E-state index contributed by atoms with van der Waals surface area (Å²) >= 11 is 0. The average Bonchev–Trinajstić information content (AvgIpc) is 3.42. The van der Waals surface area contributed by atoms with Crippen LogP contribution < -0.4 is 20.9 Å². The summed E-state index contributed by atoms with van der Waals surface area (Å²) in [5.74, 6) is 0.511. The zero-order chi connectivity index (χ0) is 20.6. The lowest BCUT2D eigenvalue weighted by Gasteiger charge is -2.37. The molecule has 7 nitrogen and oxygen atoms in total. The third-order valence-corrected chi connectivity index (χ3v) is 7.62. The smallest absolute Gasteiger partial charge is 0.249 e. The number of anilines is 2. The lowest BCUT2D eigenvalue weighted by Crippen LogP contribution is -2.47. The fourth-order valence-electron chi connectivity index (χ4n) is 5.53. The van der Waals surface area contributed by atoms with Crippen LogP contribution in [0.15, 0.2) is 24.3 Å². The van der Waals surface area contributed by atoms with Crippen LogP contribution in [-0.4, -0.2) is 68.6 Å². The molecule has 5 rings (SSSR count). The second kappa shape index (κ2) is 8.19. The highest BCUT2D eigenvalue weighted by Crippen LogP contribution is 2.58. The van der Waals surface area contributed by atoms with Crippen molar-refractivity contribution in [1.29, 1.82) is 0 Å². The minimum absolute atomic E-state index is 0.180. The lowest BCUT2D eigenvalue weighted by molar-refractivity contribution is -0.133. The minimum Gasteiger partial charge on any atom is -0.374 e. The van der Waals surface area contributed by atoms with Crippen LogP contribution in [0.3, 0.4) is 0 Å². The van der Waals surface area contributed by atoms with Crippen molar-refractivity contribution in [3.8, 4) is 0 Å². The van der Waals surface area contributed by atoms with E-state index in [1.54, 1.807) is 0 Å². The van der Waals surface area contributed by atoms with Crippen LogP contribution in [0.25, 0.3) is 0 Å². The molecule has 3 N–H and O–H groups in total. The molecule has 2 unspecified atom stereocenters. The number of nitrogens with one attached hydrogen (secondary N) is 3. The summed E-state index contributed by atoms with van der Waals surface area (Å²) in [6, 6.07) is 8.01. The first-order valence-corrected chi connectivity index (χ1v) is 11.5. The van der Waals surface area contributed by atoms with Gasteiger partial charge in [0.15, 0.2) is 0 Å². The Morgan fingerprint density at radius 2 is 1.77 bits per heavy atom. The Morgan fingerprint density at radius 3 is 2.47 bits per heavy atom. The summed E-state index contributed by atoms with van der Waals surface area (Å²) in [5, 5.41) is 9.15. The van der Waals surface area contributed by atoms with E-state index in [1.807, 2.05) is 12.1 Å². The quantitative estimate of drug-likeness (QED) is 0.636. The number of hydrogen-bond donors (Lipinski definition) is 3. The number of carbonyl (C=O) groups excluding carboxylic acids is 2. The van der Waals surface area contributed by atoms with Crippen LogP contribution in [0.4, 0.5) is 11.4 Å². The molecule has 162 valence electrons. The van der Waals surface area contributed by atoms with Gasteiger partial charge in [-0.15, -0.1) is 0 Å². The van der Waals surface area contributed by atoms with Crippen LogP contribution in [0, 0.1) is 11.3 Å². The Bertz CT molecular complexity index is 781. The molecule has 7 heteroatoms. The van der Waals surface area contributed by atoms with Gasteiger partial charge in [-0.1, -0.05) is 0 Å². The Hall–Kier alpha value is -2.12. The van der Waals surface area contributed by atoms with Crippen LogP contribution >= 0.6 is 0 Å². The Balaban J connectivity index is 1.09. The van der Waals surface area contributed by atoms with Crippen molar-refractivity contribution in [2.24, 2.45) is 11.3 Å². The summed E-state index contributed by atoms with van der Waals surface area (Å²) < 4.78 is 0. The van der Waals surface area contributed by atoms with Gasteiger partial charge in [0.05, 0.1) is 0 Å². The largest absolute Gasteiger partial charge is 0.374 e. The molecule has 1 saturated carbocycles. The fraction of sp³-hybridized carbons (Fsp3) is 0.652. The second-order valence-corrected chi connectivity index (χ2v) is 9.50. The highest BCUT2D eigenvalue weighted by molar-refractivity contribution is 6.01. The normalized spacial score (nSPS) is 29.0. The van der Waals surface area contributed by atoms with Crippen LogP contribution in [-0.2, 0) is 9.59 Å². The third kappa shape index (κ3) is 4.18. The molecule has 0 aromatic heterocycles. The molecule has 3 aliphatic heterocycles. The van der Waals surface area contributed by atoms with E-state index in [-0.39, 0.29) is 17.9 Å². The molecule has 30 heavy (non-hydrogen) atoms. The lowest BCUT2D eigenvalue weighted by atomic mass is 9.92. The molecular weight excluding hydrogens is 378 g/mol. The summed E-state index contributed by atoms with van der Waals surface area (Å²) in [6.07, 6.45) is 5.13. The summed E-state index contributed by atoms with van der Waals surface area (Å²) in [7, 11) is 0. The first-order chi connectivity index (χ1) is 14.6. The number of hydrogen-bond acceptors (Lipinski definition) is 6. The highest BCUT2D eigenvalue weighted by atomic mass is 16.2. The third-order valence-electron chi connectivity index (χ3n) is 7.62. The van der Waals surface area contributed by atoms with E-state index in [2.05, 4.69) is 37.9 Å². The first-order valence-electron chi connectivity index (χ1n) is 11.5. The van der Waals surface area contributed by atoms with Gasteiger partial charge in [0.2, 0.25) is 11.8 Å². The molecule has 0 radical (unpaired) electrons. The molecular formula is C23H33N5O2. The van der Waals surface area contributed by atoms with Gasteiger partial charge in [-0.2, -0.15) is 0 Å². The fourth-order valence-corrected chi connectivity index (χ4v) is 5.53. The Morgan fingerprint density at radius 1 is 1.03 bits per heavy atom. The molecule has 4 aliphatic rings. The van der Waals surface area contributed by atoms with Crippen molar-refractivity contribution >= 4 is 23.2 Å². The van der Waals surface area contributed by atoms with E-state index in [0.717, 1.165) is 37.8 Å².